The molecule has 1 aliphatic rings. The van der Waals surface area contributed by atoms with Gasteiger partial charge >= 0.3 is 5.97 Å². The molecule has 0 spiro atoms. The molecular weight excluding hydrogens is 304 g/mol. The monoisotopic (exact) mass is 330 g/mol. The van der Waals surface area contributed by atoms with Crippen LogP contribution in [-0.4, -0.2) is 34.2 Å². The first-order valence-corrected chi connectivity index (χ1v) is 8.24. The standard InChI is InChI=1S/C19H26N2O3/c1-13-14(2)19(6,17(23)24-18(3,4)5)21(16(13)22)20-12-15-10-8-7-9-11-15/h7-14H,1-6H3/b20-12+/t13-,14+,19-/m0/s1. The Kier molecular flexibility index (Phi) is 4.83. The smallest absolute Gasteiger partial charge is 0.334 e. The topological polar surface area (TPSA) is 59.0 Å². The Morgan fingerprint density at radius 1 is 1.25 bits per heavy atom. The second kappa shape index (κ2) is 6.38. The van der Waals surface area contributed by atoms with E-state index in [1.165, 1.54) is 5.01 Å². The van der Waals surface area contributed by atoms with E-state index in [0.29, 0.717) is 0 Å². The zero-order valence-corrected chi connectivity index (χ0v) is 15.2. The quantitative estimate of drug-likeness (QED) is 0.631. The molecule has 0 unspecified atom stereocenters. The van der Waals surface area contributed by atoms with Gasteiger partial charge in [-0.3, -0.25) is 4.79 Å². The van der Waals surface area contributed by atoms with E-state index in [9.17, 15) is 9.59 Å². The number of esters is 1. The zero-order valence-electron chi connectivity index (χ0n) is 15.2. The number of carbonyl (C=O) groups is 2. The lowest BCUT2D eigenvalue weighted by atomic mass is 9.83. The fourth-order valence-corrected chi connectivity index (χ4v) is 2.81. The number of ether oxygens (including phenoxy) is 1. The lowest BCUT2D eigenvalue weighted by Crippen LogP contribution is -2.52. The van der Waals surface area contributed by atoms with Gasteiger partial charge in [-0.05, 0) is 33.3 Å². The number of amides is 1. The van der Waals surface area contributed by atoms with Gasteiger partial charge in [0.1, 0.15) is 5.60 Å². The highest BCUT2D eigenvalue weighted by atomic mass is 16.6. The van der Waals surface area contributed by atoms with Crippen LogP contribution in [0.25, 0.3) is 0 Å². The minimum atomic E-state index is -1.12. The molecule has 24 heavy (non-hydrogen) atoms. The SMILES string of the molecule is C[C@@H]1C(=O)N(/N=C/c2ccccc2)[C@](C)(C(=O)OC(C)(C)C)[C@@H]1C. The summed E-state index contributed by atoms with van der Waals surface area (Å²) in [4.78, 5) is 25.4. The molecule has 1 aromatic rings. The molecule has 5 nitrogen and oxygen atoms in total. The maximum absolute atomic E-state index is 12.8. The minimum Gasteiger partial charge on any atom is -0.458 e. The van der Waals surface area contributed by atoms with Crippen LogP contribution in [0.2, 0.25) is 0 Å². The highest BCUT2D eigenvalue weighted by Crippen LogP contribution is 2.41. The molecule has 0 saturated carbocycles. The molecule has 1 fully saturated rings. The van der Waals surface area contributed by atoms with Crippen molar-refractivity contribution in [3.05, 3.63) is 35.9 Å². The first-order valence-electron chi connectivity index (χ1n) is 8.24. The molecule has 2 rings (SSSR count). The summed E-state index contributed by atoms with van der Waals surface area (Å²) in [6, 6.07) is 9.48. The molecule has 3 atom stereocenters. The largest absolute Gasteiger partial charge is 0.458 e. The van der Waals surface area contributed by atoms with Crippen molar-refractivity contribution in [3.63, 3.8) is 0 Å². The van der Waals surface area contributed by atoms with Gasteiger partial charge in [-0.15, -0.1) is 0 Å². The van der Waals surface area contributed by atoms with Crippen LogP contribution in [0.15, 0.2) is 35.4 Å². The highest BCUT2D eigenvalue weighted by molar-refractivity contribution is 5.94. The molecule has 0 radical (unpaired) electrons. The summed E-state index contributed by atoms with van der Waals surface area (Å²) in [7, 11) is 0. The van der Waals surface area contributed by atoms with Crippen molar-refractivity contribution in [1.29, 1.82) is 0 Å². The molecular formula is C19H26N2O3. The maximum Gasteiger partial charge on any atom is 0.334 e. The average Bonchev–Trinajstić information content (AvgIpc) is 2.67. The van der Waals surface area contributed by atoms with Crippen molar-refractivity contribution < 1.29 is 14.3 Å². The van der Waals surface area contributed by atoms with Gasteiger partial charge in [0.05, 0.1) is 6.21 Å². The van der Waals surface area contributed by atoms with Crippen molar-refractivity contribution in [1.82, 2.24) is 5.01 Å². The summed E-state index contributed by atoms with van der Waals surface area (Å²) < 4.78 is 5.57. The molecule has 0 bridgehead atoms. The summed E-state index contributed by atoms with van der Waals surface area (Å²) in [6.07, 6.45) is 1.60. The van der Waals surface area contributed by atoms with Crippen LogP contribution in [0.5, 0.6) is 0 Å². The van der Waals surface area contributed by atoms with Gasteiger partial charge < -0.3 is 4.74 Å². The summed E-state index contributed by atoms with van der Waals surface area (Å²) in [5, 5.41) is 5.63. The van der Waals surface area contributed by atoms with Crippen molar-refractivity contribution in [3.8, 4) is 0 Å². The van der Waals surface area contributed by atoms with Crippen LogP contribution in [-0.2, 0) is 14.3 Å². The van der Waals surface area contributed by atoms with Crippen molar-refractivity contribution in [2.24, 2.45) is 16.9 Å². The van der Waals surface area contributed by atoms with Crippen LogP contribution < -0.4 is 0 Å². The van der Waals surface area contributed by atoms with E-state index in [1.807, 2.05) is 65.0 Å². The molecule has 1 aromatic carbocycles. The molecule has 0 N–H and O–H groups in total. The van der Waals surface area contributed by atoms with Gasteiger partial charge in [-0.25, -0.2) is 9.80 Å². The van der Waals surface area contributed by atoms with E-state index < -0.39 is 17.1 Å². The fourth-order valence-electron chi connectivity index (χ4n) is 2.81. The van der Waals surface area contributed by atoms with Gasteiger partial charge in [-0.1, -0.05) is 44.2 Å². The van der Waals surface area contributed by atoms with E-state index >= 15 is 0 Å². The fraction of sp³-hybridized carbons (Fsp3) is 0.526. The number of rotatable bonds is 3. The van der Waals surface area contributed by atoms with Crippen LogP contribution in [0.1, 0.15) is 47.1 Å². The van der Waals surface area contributed by atoms with Crippen LogP contribution in [0.3, 0.4) is 0 Å². The lowest BCUT2D eigenvalue weighted by molar-refractivity contribution is -0.171. The molecule has 1 saturated heterocycles. The second-order valence-electron chi connectivity index (χ2n) is 7.53. The van der Waals surface area contributed by atoms with Gasteiger partial charge in [0.2, 0.25) is 5.91 Å². The van der Waals surface area contributed by atoms with Crippen LogP contribution >= 0.6 is 0 Å². The van der Waals surface area contributed by atoms with Crippen molar-refractivity contribution in [2.75, 3.05) is 0 Å². The summed E-state index contributed by atoms with van der Waals surface area (Å²) in [6.45, 7) is 10.9. The third-order valence-corrected chi connectivity index (χ3v) is 4.61. The Morgan fingerprint density at radius 3 is 2.38 bits per heavy atom. The Bertz CT molecular complexity index is 648. The van der Waals surface area contributed by atoms with E-state index in [2.05, 4.69) is 5.10 Å². The zero-order chi connectivity index (χ0) is 18.1. The second-order valence-corrected chi connectivity index (χ2v) is 7.53. The molecule has 130 valence electrons. The Hall–Kier alpha value is -2.17. The van der Waals surface area contributed by atoms with Gasteiger partial charge in [0, 0.05) is 11.8 Å². The Labute approximate surface area is 143 Å². The van der Waals surface area contributed by atoms with E-state index in [-0.39, 0.29) is 17.7 Å². The predicted octanol–water partition coefficient (Wildman–Crippen LogP) is 3.24. The first kappa shape index (κ1) is 18.2. The average molecular weight is 330 g/mol. The Morgan fingerprint density at radius 2 is 1.83 bits per heavy atom. The summed E-state index contributed by atoms with van der Waals surface area (Å²) >= 11 is 0. The molecule has 1 amide bonds. The first-order chi connectivity index (χ1) is 11.1. The van der Waals surface area contributed by atoms with Gasteiger partial charge in [-0.2, -0.15) is 5.10 Å². The lowest BCUT2D eigenvalue weighted by Gasteiger charge is -2.35. The number of nitrogens with zero attached hydrogens (tertiary/aromatic N) is 2. The number of hydrogen-bond donors (Lipinski definition) is 0. The highest BCUT2D eigenvalue weighted by Gasteiger charge is 2.58. The maximum atomic E-state index is 12.8. The normalized spacial score (nSPS) is 27.8. The summed E-state index contributed by atoms with van der Waals surface area (Å²) in [5.74, 6) is -1.09. The Balaban J connectivity index is 2.36. The van der Waals surface area contributed by atoms with E-state index in [1.54, 1.807) is 13.1 Å². The summed E-state index contributed by atoms with van der Waals surface area (Å²) in [5.41, 5.74) is -0.873. The molecule has 5 heteroatoms. The van der Waals surface area contributed by atoms with Gasteiger partial charge in [0.15, 0.2) is 5.54 Å². The van der Waals surface area contributed by atoms with Crippen LogP contribution in [0.4, 0.5) is 0 Å². The molecule has 0 aromatic heterocycles. The minimum absolute atomic E-state index is 0.164. The van der Waals surface area contributed by atoms with Gasteiger partial charge in [0.25, 0.3) is 0 Å². The van der Waals surface area contributed by atoms with E-state index in [4.69, 9.17) is 4.74 Å². The molecule has 0 aliphatic carbocycles. The third-order valence-electron chi connectivity index (χ3n) is 4.61. The third kappa shape index (κ3) is 3.35. The number of benzene rings is 1. The molecule has 1 aliphatic heterocycles. The van der Waals surface area contributed by atoms with E-state index in [0.717, 1.165) is 5.56 Å². The number of carbonyl (C=O) groups excluding carboxylic acids is 2. The van der Waals surface area contributed by atoms with Crippen molar-refractivity contribution >= 4 is 18.1 Å². The molecule has 1 heterocycles. The van der Waals surface area contributed by atoms with Crippen LogP contribution in [0, 0.1) is 11.8 Å². The predicted molar refractivity (Wildman–Crippen MR) is 93.5 cm³/mol. The van der Waals surface area contributed by atoms with Crippen molar-refractivity contribution in [2.45, 2.75) is 52.7 Å². The number of hydrogen-bond acceptors (Lipinski definition) is 4. The number of hydrazone groups is 1.